The minimum Gasteiger partial charge on any atom is -0.369 e. The van der Waals surface area contributed by atoms with Crippen molar-refractivity contribution in [3.63, 3.8) is 0 Å². The van der Waals surface area contributed by atoms with Crippen molar-refractivity contribution in [2.75, 3.05) is 5.09 Å². The third-order valence-electron chi connectivity index (χ3n) is 2.61. The molecule has 0 aliphatic rings. The van der Waals surface area contributed by atoms with Crippen LogP contribution >= 0.6 is 18.6 Å². The molecule has 0 spiro atoms. The minimum atomic E-state index is 0.599. The highest BCUT2D eigenvalue weighted by atomic mass is 31.0. The number of benzene rings is 1. The van der Waals surface area contributed by atoms with Crippen LogP contribution in [0.3, 0.4) is 0 Å². The molecule has 3 heteroatoms. The molecule has 3 unspecified atom stereocenters. The molecule has 0 amide bonds. The first-order chi connectivity index (χ1) is 7.06. The van der Waals surface area contributed by atoms with Crippen molar-refractivity contribution in [1.82, 2.24) is 0 Å². The lowest BCUT2D eigenvalue weighted by atomic mass is 9.91. The molecule has 0 radical (unpaired) electrons. The molecule has 84 valence electrons. The average Bonchev–Trinajstić information content (AvgIpc) is 2.15. The zero-order valence-corrected chi connectivity index (χ0v) is 12.1. The molecule has 15 heavy (non-hydrogen) atoms. The molecular weight excluding hydrogens is 220 g/mol. The zero-order valence-electron chi connectivity index (χ0n) is 9.75. The second kappa shape index (κ2) is 5.83. The molecule has 1 rings (SSSR count). The van der Waals surface area contributed by atoms with Gasteiger partial charge in [-0.2, -0.15) is 0 Å². The van der Waals surface area contributed by atoms with Crippen LogP contribution in [0.25, 0.3) is 0 Å². The fourth-order valence-electron chi connectivity index (χ4n) is 2.08. The smallest absolute Gasteiger partial charge is 0.0410 e. The van der Waals surface area contributed by atoms with Crippen LogP contribution in [-0.4, -0.2) is 0 Å². The molecule has 0 heterocycles. The van der Waals surface area contributed by atoms with Crippen LogP contribution in [0.5, 0.6) is 0 Å². The van der Waals surface area contributed by atoms with E-state index >= 15 is 0 Å². The fraction of sp³-hybridized carbons (Fsp3) is 0.500. The number of anilines is 1. The summed E-state index contributed by atoms with van der Waals surface area (Å²) in [5.74, 6) is 1.34. The Morgan fingerprint density at radius 1 is 1.27 bits per heavy atom. The molecule has 0 aromatic heterocycles. The summed E-state index contributed by atoms with van der Waals surface area (Å²) in [5.41, 5.74) is 2.65. The fourth-order valence-corrected chi connectivity index (χ4v) is 2.89. The quantitative estimate of drug-likeness (QED) is 0.795. The van der Waals surface area contributed by atoms with E-state index in [9.17, 15) is 0 Å². The maximum Gasteiger partial charge on any atom is 0.0410 e. The van der Waals surface area contributed by atoms with E-state index in [1.807, 2.05) is 0 Å². The molecule has 1 aromatic rings. The molecule has 3 atom stereocenters. The number of nitrogens with one attached hydrogen (secondary N) is 1. The highest BCUT2D eigenvalue weighted by Gasteiger charge is 2.13. The van der Waals surface area contributed by atoms with Gasteiger partial charge >= 0.3 is 0 Å². The van der Waals surface area contributed by atoms with Crippen LogP contribution in [0.15, 0.2) is 18.2 Å². The lowest BCUT2D eigenvalue weighted by Crippen LogP contribution is -2.10. The van der Waals surface area contributed by atoms with Crippen molar-refractivity contribution in [3.8, 4) is 0 Å². The van der Waals surface area contributed by atoms with Gasteiger partial charge < -0.3 is 5.09 Å². The molecule has 0 aliphatic heterocycles. The van der Waals surface area contributed by atoms with Crippen LogP contribution in [-0.2, 0) is 0 Å². The molecule has 1 aromatic carbocycles. The Morgan fingerprint density at radius 3 is 2.47 bits per heavy atom. The third kappa shape index (κ3) is 3.44. The van der Waals surface area contributed by atoms with Gasteiger partial charge in [-0.3, -0.25) is 0 Å². The van der Waals surface area contributed by atoms with E-state index in [-0.39, 0.29) is 0 Å². The Morgan fingerprint density at radius 2 is 1.93 bits per heavy atom. The summed E-state index contributed by atoms with van der Waals surface area (Å²) in [4.78, 5) is 0. The van der Waals surface area contributed by atoms with Gasteiger partial charge in [-0.05, 0) is 44.6 Å². The molecule has 0 bridgehead atoms. The Balaban J connectivity index is 3.00. The van der Waals surface area contributed by atoms with Crippen molar-refractivity contribution in [1.29, 1.82) is 0 Å². The highest BCUT2D eigenvalue weighted by molar-refractivity contribution is 7.27. The van der Waals surface area contributed by atoms with E-state index in [0.29, 0.717) is 5.92 Å². The molecule has 1 N–H and O–H groups in total. The largest absolute Gasteiger partial charge is 0.369 e. The first-order valence-corrected chi connectivity index (χ1v) is 6.56. The van der Waals surface area contributed by atoms with Gasteiger partial charge in [0.05, 0.1) is 0 Å². The Kier molecular flexibility index (Phi) is 5.03. The number of rotatable bonds is 4. The van der Waals surface area contributed by atoms with Crippen LogP contribution in [0.2, 0.25) is 0 Å². The molecule has 0 saturated carbocycles. The van der Waals surface area contributed by atoms with Gasteiger partial charge in [-0.15, -0.1) is 9.24 Å². The van der Waals surface area contributed by atoms with Crippen molar-refractivity contribution in [2.24, 2.45) is 5.92 Å². The van der Waals surface area contributed by atoms with Gasteiger partial charge in [0.1, 0.15) is 0 Å². The molecule has 1 nitrogen and oxygen atoms in total. The summed E-state index contributed by atoms with van der Waals surface area (Å²) < 4.78 is 0. The second-order valence-electron chi connectivity index (χ2n) is 4.48. The summed E-state index contributed by atoms with van der Waals surface area (Å²) in [6.07, 6.45) is 1.23. The summed E-state index contributed by atoms with van der Waals surface area (Å²) in [5, 5.41) is 4.50. The maximum absolute atomic E-state index is 3.19. The van der Waals surface area contributed by atoms with Crippen molar-refractivity contribution >= 4 is 29.6 Å². The van der Waals surface area contributed by atoms with Gasteiger partial charge in [0.2, 0.25) is 0 Å². The standard InChI is InChI=1S/C12H21NP2/c1-8(2)7-9(3)12-10(13-15)5-4-6-11(12)14/h4-6,8-9,13H,7,14-15H2,1-3H3. The summed E-state index contributed by atoms with van der Waals surface area (Å²) in [6.45, 7) is 6.85. The first-order valence-electron chi connectivity index (χ1n) is 5.41. The van der Waals surface area contributed by atoms with E-state index in [4.69, 9.17) is 0 Å². The van der Waals surface area contributed by atoms with Crippen molar-refractivity contribution in [2.45, 2.75) is 33.1 Å². The molecule has 0 aliphatic carbocycles. The lowest BCUT2D eigenvalue weighted by molar-refractivity contribution is 0.526. The molecule has 0 fully saturated rings. The van der Waals surface area contributed by atoms with Crippen LogP contribution in [0, 0.1) is 5.92 Å². The van der Waals surface area contributed by atoms with Gasteiger partial charge in [0, 0.05) is 5.69 Å². The van der Waals surface area contributed by atoms with E-state index in [2.05, 4.69) is 62.7 Å². The minimum absolute atomic E-state index is 0.599. The maximum atomic E-state index is 3.19. The third-order valence-corrected chi connectivity index (χ3v) is 3.43. The van der Waals surface area contributed by atoms with Crippen LogP contribution in [0.4, 0.5) is 5.69 Å². The van der Waals surface area contributed by atoms with E-state index in [0.717, 1.165) is 5.92 Å². The number of hydrogen-bond donors (Lipinski definition) is 1. The lowest BCUT2D eigenvalue weighted by Gasteiger charge is -2.20. The van der Waals surface area contributed by atoms with E-state index in [1.54, 1.807) is 0 Å². The molecular formula is C12H21NP2. The first kappa shape index (κ1) is 12.9. The van der Waals surface area contributed by atoms with E-state index < -0.39 is 0 Å². The van der Waals surface area contributed by atoms with Crippen LogP contribution in [0.1, 0.15) is 38.7 Å². The van der Waals surface area contributed by atoms with Gasteiger partial charge in [0.25, 0.3) is 0 Å². The van der Waals surface area contributed by atoms with Gasteiger partial charge in [0.15, 0.2) is 0 Å². The summed E-state index contributed by atoms with van der Waals surface area (Å²) in [6, 6.07) is 6.37. The predicted molar refractivity (Wildman–Crippen MR) is 77.0 cm³/mol. The number of hydrogen-bond acceptors (Lipinski definition) is 1. The van der Waals surface area contributed by atoms with Gasteiger partial charge in [-0.1, -0.05) is 32.9 Å². The van der Waals surface area contributed by atoms with E-state index in [1.165, 1.54) is 23.0 Å². The van der Waals surface area contributed by atoms with Crippen molar-refractivity contribution < 1.29 is 0 Å². The SMILES string of the molecule is CC(C)CC(C)c1c(P)cccc1NP. The topological polar surface area (TPSA) is 12.0 Å². The average molecular weight is 241 g/mol. The summed E-state index contributed by atoms with van der Waals surface area (Å²) in [7, 11) is 5.41. The Labute approximate surface area is 97.9 Å². The Hall–Kier alpha value is -0.120. The summed E-state index contributed by atoms with van der Waals surface area (Å²) >= 11 is 0. The monoisotopic (exact) mass is 241 g/mol. The Bertz CT molecular complexity index is 323. The zero-order chi connectivity index (χ0) is 11.4. The van der Waals surface area contributed by atoms with Crippen LogP contribution < -0.4 is 10.4 Å². The predicted octanol–water partition coefficient (Wildman–Crippen LogP) is 3.54. The normalized spacial score (nSPS) is 12.9. The van der Waals surface area contributed by atoms with Crippen molar-refractivity contribution in [3.05, 3.63) is 23.8 Å². The highest BCUT2D eigenvalue weighted by Crippen LogP contribution is 2.29. The van der Waals surface area contributed by atoms with Gasteiger partial charge in [-0.25, -0.2) is 0 Å². The second-order valence-corrected chi connectivity index (χ2v) is 5.39. The molecule has 0 saturated heterocycles.